The minimum Gasteiger partial charge on any atom is -0.313 e. The van der Waals surface area contributed by atoms with E-state index in [4.69, 9.17) is 4.98 Å². The summed E-state index contributed by atoms with van der Waals surface area (Å²) in [7, 11) is -0.538. The summed E-state index contributed by atoms with van der Waals surface area (Å²) >= 11 is 0. The van der Waals surface area contributed by atoms with Crippen molar-refractivity contribution in [1.29, 1.82) is 0 Å². The lowest BCUT2D eigenvalue weighted by Crippen LogP contribution is -2.36. The molecule has 8 rings (SSSR count). The van der Waals surface area contributed by atoms with Crippen LogP contribution in [0.4, 0.5) is 5.69 Å². The van der Waals surface area contributed by atoms with Crippen LogP contribution in [0, 0.1) is 0 Å². The Morgan fingerprint density at radius 1 is 0.826 bits per heavy atom. The molecular formula is C35H33N7O3S. The third-order valence-electron chi connectivity index (χ3n) is 9.66. The van der Waals surface area contributed by atoms with E-state index in [0.29, 0.717) is 35.1 Å². The van der Waals surface area contributed by atoms with Gasteiger partial charge in [0.25, 0.3) is 10.0 Å². The van der Waals surface area contributed by atoms with E-state index >= 15 is 0 Å². The predicted molar refractivity (Wildman–Crippen MR) is 177 cm³/mol. The van der Waals surface area contributed by atoms with Crippen LogP contribution in [0.5, 0.6) is 0 Å². The van der Waals surface area contributed by atoms with Crippen LogP contribution in [0.3, 0.4) is 0 Å². The van der Waals surface area contributed by atoms with Gasteiger partial charge in [-0.05, 0) is 43.0 Å². The largest absolute Gasteiger partial charge is 0.313 e. The van der Waals surface area contributed by atoms with Gasteiger partial charge < -0.3 is 4.90 Å². The molecular weight excluding hydrogens is 598 g/mol. The minimum atomic E-state index is -4.15. The van der Waals surface area contributed by atoms with Gasteiger partial charge in [0.2, 0.25) is 5.91 Å². The van der Waals surface area contributed by atoms with Crippen molar-refractivity contribution in [3.05, 3.63) is 91.1 Å². The standard InChI is InChI=1S/C35H33N7O3S/c1-4-41-22-25(18-38-41)23-12-14-24(15-13-23)29-30-31-28(40(3)34(43)35(31)16-8-9-17-35)20-36-33(30)42(32(29)26-19-37-39(2)21-26)46(44,45)27-10-6-5-7-11-27/h5-7,10-15,18-22H,4,8-9,16-17H2,1-3H3. The molecule has 0 atom stereocenters. The van der Waals surface area contributed by atoms with E-state index in [1.165, 1.54) is 3.97 Å². The summed E-state index contributed by atoms with van der Waals surface area (Å²) in [5, 5.41) is 9.57. The fraction of sp³-hybridized carbons (Fsp3) is 0.257. The summed E-state index contributed by atoms with van der Waals surface area (Å²) in [4.78, 5) is 20.8. The van der Waals surface area contributed by atoms with Gasteiger partial charge in [0, 0.05) is 60.7 Å². The highest BCUT2D eigenvalue weighted by atomic mass is 32.2. The van der Waals surface area contributed by atoms with E-state index in [9.17, 15) is 13.2 Å². The van der Waals surface area contributed by atoms with Gasteiger partial charge in [0.05, 0.1) is 40.3 Å². The van der Waals surface area contributed by atoms with Gasteiger partial charge in [0.1, 0.15) is 0 Å². The number of benzene rings is 2. The third-order valence-corrected chi connectivity index (χ3v) is 11.4. The normalized spacial score (nSPS) is 15.8. The Kier molecular flexibility index (Phi) is 6.34. The van der Waals surface area contributed by atoms with E-state index < -0.39 is 15.4 Å². The van der Waals surface area contributed by atoms with E-state index in [2.05, 4.69) is 10.2 Å². The number of anilines is 1. The van der Waals surface area contributed by atoms with Crippen LogP contribution in [0.25, 0.3) is 44.5 Å². The zero-order valence-electron chi connectivity index (χ0n) is 25.9. The molecule has 1 saturated carbocycles. The number of hydrogen-bond donors (Lipinski definition) is 0. The Labute approximate surface area is 267 Å². The smallest absolute Gasteiger partial charge is 0.269 e. The molecule has 10 nitrogen and oxygen atoms in total. The van der Waals surface area contributed by atoms with E-state index in [-0.39, 0.29) is 10.8 Å². The van der Waals surface area contributed by atoms with Gasteiger partial charge in [-0.1, -0.05) is 55.3 Å². The van der Waals surface area contributed by atoms with E-state index in [0.717, 1.165) is 52.9 Å². The summed E-state index contributed by atoms with van der Waals surface area (Å²) in [5.41, 5.74) is 5.81. The average Bonchev–Trinajstić information content (AvgIpc) is 3.91. The van der Waals surface area contributed by atoms with Crippen molar-refractivity contribution >= 4 is 32.7 Å². The number of fused-ring (bicyclic) bond motifs is 4. The number of amides is 1. The van der Waals surface area contributed by atoms with Crippen molar-refractivity contribution in [2.75, 3.05) is 11.9 Å². The summed E-state index contributed by atoms with van der Waals surface area (Å²) < 4.78 is 34.3. The Morgan fingerprint density at radius 2 is 1.52 bits per heavy atom. The van der Waals surface area contributed by atoms with Crippen molar-refractivity contribution in [3.8, 4) is 33.5 Å². The Morgan fingerprint density at radius 3 is 2.17 bits per heavy atom. The van der Waals surface area contributed by atoms with Gasteiger partial charge >= 0.3 is 0 Å². The Bertz CT molecular complexity index is 2260. The van der Waals surface area contributed by atoms with Crippen LogP contribution >= 0.6 is 0 Å². The molecule has 0 N–H and O–H groups in total. The number of carbonyl (C=O) groups excluding carboxylic acids is 1. The predicted octanol–water partition coefficient (Wildman–Crippen LogP) is 6.01. The molecule has 232 valence electrons. The number of likely N-dealkylation sites (N-methyl/N-ethyl adjacent to an activating group) is 1. The molecule has 0 bridgehead atoms. The molecule has 0 unspecified atom stereocenters. The number of carbonyl (C=O) groups is 1. The first-order valence-electron chi connectivity index (χ1n) is 15.5. The monoisotopic (exact) mass is 631 g/mol. The Hall–Kier alpha value is -5.03. The number of aromatic nitrogens is 6. The maximum atomic E-state index is 14.7. The summed E-state index contributed by atoms with van der Waals surface area (Å²) in [6.07, 6.45) is 12.3. The molecule has 11 heteroatoms. The van der Waals surface area contributed by atoms with Crippen molar-refractivity contribution in [2.45, 2.75) is 49.5 Å². The van der Waals surface area contributed by atoms with Crippen molar-refractivity contribution < 1.29 is 13.2 Å². The number of nitrogens with zero attached hydrogens (tertiary/aromatic N) is 7. The maximum Gasteiger partial charge on any atom is 0.269 e. The minimum absolute atomic E-state index is 0.0464. The quantitative estimate of drug-likeness (QED) is 0.223. The second-order valence-electron chi connectivity index (χ2n) is 12.2. The van der Waals surface area contributed by atoms with Gasteiger partial charge in [-0.2, -0.15) is 10.2 Å². The summed E-state index contributed by atoms with van der Waals surface area (Å²) in [6, 6.07) is 16.5. The molecule has 1 amide bonds. The lowest BCUT2D eigenvalue weighted by atomic mass is 9.78. The zero-order valence-corrected chi connectivity index (χ0v) is 26.7. The molecule has 1 aliphatic heterocycles. The van der Waals surface area contributed by atoms with E-state index in [1.807, 2.05) is 61.5 Å². The second kappa shape index (κ2) is 10.2. The molecule has 6 aromatic rings. The Balaban J connectivity index is 1.51. The van der Waals surface area contributed by atoms with Gasteiger partial charge in [0.15, 0.2) is 5.65 Å². The van der Waals surface area contributed by atoms with Crippen LogP contribution in [0.2, 0.25) is 0 Å². The first-order chi connectivity index (χ1) is 22.2. The highest BCUT2D eigenvalue weighted by molar-refractivity contribution is 7.90. The molecule has 0 radical (unpaired) electrons. The maximum absolute atomic E-state index is 14.7. The highest BCUT2D eigenvalue weighted by Crippen LogP contribution is 2.56. The molecule has 46 heavy (non-hydrogen) atoms. The third kappa shape index (κ3) is 3.97. The molecule has 4 aromatic heterocycles. The number of aryl methyl sites for hydroxylation is 2. The molecule has 2 aliphatic rings. The number of hydrogen-bond acceptors (Lipinski definition) is 6. The molecule has 1 fully saturated rings. The zero-order chi connectivity index (χ0) is 31.8. The SMILES string of the molecule is CCn1cc(-c2ccc(-c3c(-c4cnn(C)c4)n(S(=O)(=O)c4ccccc4)c4ncc5c(c34)C3(CCCC3)C(=O)N5C)cc2)cn1. The molecule has 2 aromatic carbocycles. The van der Waals surface area contributed by atoms with Crippen LogP contribution in [-0.2, 0) is 33.8 Å². The van der Waals surface area contributed by atoms with Gasteiger partial charge in [-0.3, -0.25) is 14.2 Å². The highest BCUT2D eigenvalue weighted by Gasteiger charge is 2.53. The summed E-state index contributed by atoms with van der Waals surface area (Å²) in [6.45, 7) is 2.82. The van der Waals surface area contributed by atoms with Crippen LogP contribution in [-0.4, -0.2) is 49.9 Å². The lowest BCUT2D eigenvalue weighted by Gasteiger charge is -2.22. The fourth-order valence-electron chi connectivity index (χ4n) is 7.46. The fourth-order valence-corrected chi connectivity index (χ4v) is 8.97. The topological polar surface area (TPSA) is 108 Å². The van der Waals surface area contributed by atoms with Crippen molar-refractivity contribution in [3.63, 3.8) is 0 Å². The molecule has 1 spiro atoms. The number of pyridine rings is 1. The molecule has 1 aliphatic carbocycles. The molecule has 5 heterocycles. The van der Waals surface area contributed by atoms with Gasteiger partial charge in [-0.15, -0.1) is 0 Å². The van der Waals surface area contributed by atoms with Gasteiger partial charge in [-0.25, -0.2) is 17.4 Å². The van der Waals surface area contributed by atoms with Crippen LogP contribution < -0.4 is 4.90 Å². The lowest BCUT2D eigenvalue weighted by molar-refractivity contribution is -0.122. The first kappa shape index (κ1) is 28.4. The van der Waals surface area contributed by atoms with Crippen LogP contribution in [0.15, 0.2) is 90.5 Å². The van der Waals surface area contributed by atoms with E-state index in [1.54, 1.807) is 59.4 Å². The van der Waals surface area contributed by atoms with Crippen LogP contribution in [0.1, 0.15) is 38.2 Å². The second-order valence-corrected chi connectivity index (χ2v) is 14.0. The number of rotatable bonds is 6. The first-order valence-corrected chi connectivity index (χ1v) is 17.0. The van der Waals surface area contributed by atoms with Crippen molar-refractivity contribution in [1.82, 2.24) is 28.5 Å². The molecule has 0 saturated heterocycles. The van der Waals surface area contributed by atoms with Crippen molar-refractivity contribution in [2.24, 2.45) is 7.05 Å². The summed E-state index contributed by atoms with van der Waals surface area (Å²) in [5.74, 6) is 0.0464. The average molecular weight is 632 g/mol.